The second-order valence-corrected chi connectivity index (χ2v) is 14.4. The first-order chi connectivity index (χ1) is 26.7. The van der Waals surface area contributed by atoms with Crippen molar-refractivity contribution >= 4 is 34.6 Å². The molecule has 0 spiro atoms. The molecule has 7 rings (SSSR count). The predicted octanol–water partition coefficient (Wildman–Crippen LogP) is 6.00. The lowest BCUT2D eigenvalue weighted by Gasteiger charge is -2.37. The van der Waals surface area contributed by atoms with Crippen LogP contribution in [0.2, 0.25) is 0 Å². The molecule has 2 atom stereocenters. The zero-order valence-electron chi connectivity index (χ0n) is 31.0. The van der Waals surface area contributed by atoms with Crippen molar-refractivity contribution in [2.75, 3.05) is 44.2 Å². The number of anilines is 1. The van der Waals surface area contributed by atoms with Crippen LogP contribution in [0.25, 0.3) is 11.1 Å². The van der Waals surface area contributed by atoms with Crippen LogP contribution in [0, 0.1) is 5.82 Å². The van der Waals surface area contributed by atoms with E-state index in [0.717, 1.165) is 34.4 Å². The van der Waals surface area contributed by atoms with Gasteiger partial charge >= 0.3 is 0 Å². The molecular weight excluding hydrogens is 700 g/mol. The number of β-amino-alcohol motifs (C(OH)–C–C–N with tert-alkyl or cyclic N) is 1. The number of carbonyl (C=O) groups excluding carboxylic acids is 3. The van der Waals surface area contributed by atoms with E-state index in [9.17, 15) is 24.6 Å². The average Bonchev–Trinajstić information content (AvgIpc) is 3.53. The highest BCUT2D eigenvalue weighted by molar-refractivity contribution is 6.05. The topological polar surface area (TPSA) is 123 Å². The number of benzene rings is 4. The van der Waals surface area contributed by atoms with Crippen molar-refractivity contribution in [2.24, 2.45) is 0 Å². The molecule has 11 heteroatoms. The van der Waals surface area contributed by atoms with Crippen LogP contribution in [0.4, 0.5) is 10.1 Å². The summed E-state index contributed by atoms with van der Waals surface area (Å²) in [6.07, 6.45) is 1.95. The minimum atomic E-state index is -0.789. The average molecular weight is 747 g/mol. The molecule has 0 bridgehead atoms. The number of fused-ring (bicyclic) bond motifs is 1. The minimum Gasteiger partial charge on any atom is -0.508 e. The minimum absolute atomic E-state index is 0.00481. The highest BCUT2D eigenvalue weighted by atomic mass is 19.1. The van der Waals surface area contributed by atoms with Gasteiger partial charge in [-0.15, -0.1) is 0 Å². The number of phenolic OH excluding ortho intramolecular Hbond substituents is 1. The fraction of sp³-hybridized carbons (Fsp3) is 0.341. The molecule has 2 unspecified atom stereocenters. The summed E-state index contributed by atoms with van der Waals surface area (Å²) in [6.45, 7) is 5.58. The van der Waals surface area contributed by atoms with Crippen molar-refractivity contribution in [3.8, 4) is 11.5 Å². The van der Waals surface area contributed by atoms with E-state index in [1.807, 2.05) is 47.4 Å². The van der Waals surface area contributed by atoms with Crippen molar-refractivity contribution in [2.45, 2.75) is 57.7 Å². The lowest BCUT2D eigenvalue weighted by Crippen LogP contribution is -2.52. The number of phenols is 1. The van der Waals surface area contributed by atoms with Gasteiger partial charge in [-0.05, 0) is 89.9 Å². The first kappa shape index (κ1) is 37.8. The SMILES string of the molecule is CCC(=C(c1ccc(O)cc1)c1ccc(OCCCC(O)CN2CCN(c3ccc4c(c3F)CN(C3CCC(=O)NC3=O)C4=O)CC2)cc1)c1ccccc1. The van der Waals surface area contributed by atoms with Gasteiger partial charge in [-0.2, -0.15) is 0 Å². The molecule has 4 aromatic rings. The van der Waals surface area contributed by atoms with Gasteiger partial charge in [0.05, 0.1) is 24.9 Å². The van der Waals surface area contributed by atoms with Crippen molar-refractivity contribution in [3.63, 3.8) is 0 Å². The quantitative estimate of drug-likeness (QED) is 0.0866. The molecule has 2 fully saturated rings. The van der Waals surface area contributed by atoms with Gasteiger partial charge in [0.15, 0.2) is 5.82 Å². The summed E-state index contributed by atoms with van der Waals surface area (Å²) in [7, 11) is 0. The van der Waals surface area contributed by atoms with Crippen LogP contribution >= 0.6 is 0 Å². The maximum Gasteiger partial charge on any atom is 0.255 e. The number of aromatic hydroxyl groups is 1. The molecule has 55 heavy (non-hydrogen) atoms. The number of aliphatic hydroxyl groups excluding tert-OH is 1. The lowest BCUT2D eigenvalue weighted by atomic mass is 9.88. The standard InChI is InChI=1S/C44H47FN4O6/c1-2-35(29-7-4-3-5-8-29)41(30-10-14-32(50)15-11-30)31-12-16-34(17-13-31)55-26-6-9-33(51)27-47-22-24-48(25-23-47)38-19-18-36-37(42(38)45)28-49(44(36)54)39-20-21-40(52)46-43(39)53/h3-5,7-8,10-19,33,39,50-51H,2,6,9,20-28H2,1H3,(H,46,52,53). The summed E-state index contributed by atoms with van der Waals surface area (Å²) >= 11 is 0. The number of allylic oxidation sites excluding steroid dienone is 1. The van der Waals surface area contributed by atoms with Gasteiger partial charge in [-0.25, -0.2) is 4.39 Å². The molecule has 0 saturated carbocycles. The first-order valence-electron chi connectivity index (χ1n) is 19.1. The van der Waals surface area contributed by atoms with E-state index < -0.39 is 29.8 Å². The van der Waals surface area contributed by atoms with E-state index in [1.165, 1.54) is 10.5 Å². The smallest absolute Gasteiger partial charge is 0.255 e. The van der Waals surface area contributed by atoms with Crippen molar-refractivity contribution in [3.05, 3.63) is 125 Å². The van der Waals surface area contributed by atoms with E-state index in [2.05, 4.69) is 41.4 Å². The number of halogens is 1. The van der Waals surface area contributed by atoms with Crippen molar-refractivity contribution in [1.82, 2.24) is 15.1 Å². The number of hydrogen-bond acceptors (Lipinski definition) is 8. The number of piperidine rings is 1. The molecule has 3 aliphatic heterocycles. The third kappa shape index (κ3) is 8.43. The number of piperazine rings is 1. The Morgan fingerprint density at radius 2 is 1.58 bits per heavy atom. The van der Waals surface area contributed by atoms with Gasteiger partial charge in [0, 0.05) is 50.3 Å². The maximum atomic E-state index is 15.8. The zero-order valence-corrected chi connectivity index (χ0v) is 31.0. The molecule has 3 N–H and O–H groups in total. The van der Waals surface area contributed by atoms with Crippen molar-refractivity contribution < 1.29 is 33.7 Å². The van der Waals surface area contributed by atoms with Crippen LogP contribution in [-0.4, -0.2) is 89.2 Å². The summed E-state index contributed by atoms with van der Waals surface area (Å²) in [5, 5.41) is 23.0. The largest absolute Gasteiger partial charge is 0.508 e. The summed E-state index contributed by atoms with van der Waals surface area (Å²) in [5.41, 5.74) is 6.52. The van der Waals surface area contributed by atoms with Gasteiger partial charge in [0.2, 0.25) is 11.8 Å². The van der Waals surface area contributed by atoms with Crippen LogP contribution in [0.1, 0.15) is 71.6 Å². The highest BCUT2D eigenvalue weighted by Crippen LogP contribution is 2.36. The van der Waals surface area contributed by atoms with Gasteiger partial charge in [-0.3, -0.25) is 24.6 Å². The Balaban J connectivity index is 0.883. The maximum absolute atomic E-state index is 15.8. The van der Waals surface area contributed by atoms with Gasteiger partial charge in [0.25, 0.3) is 5.91 Å². The Kier molecular flexibility index (Phi) is 11.6. The van der Waals surface area contributed by atoms with E-state index in [4.69, 9.17) is 4.74 Å². The lowest BCUT2D eigenvalue weighted by molar-refractivity contribution is -0.136. The molecule has 4 aromatic carbocycles. The predicted molar refractivity (Wildman–Crippen MR) is 209 cm³/mol. The van der Waals surface area contributed by atoms with E-state index in [0.29, 0.717) is 57.9 Å². The third-order valence-corrected chi connectivity index (χ3v) is 10.8. The molecule has 0 aromatic heterocycles. The third-order valence-electron chi connectivity index (χ3n) is 10.8. The number of nitrogens with one attached hydrogen (secondary N) is 1. The number of carbonyl (C=O) groups is 3. The molecule has 10 nitrogen and oxygen atoms in total. The number of hydrogen-bond donors (Lipinski definition) is 3. The van der Waals surface area contributed by atoms with E-state index in [1.54, 1.807) is 24.3 Å². The van der Waals surface area contributed by atoms with E-state index >= 15 is 4.39 Å². The summed E-state index contributed by atoms with van der Waals surface area (Å²) < 4.78 is 21.9. The van der Waals surface area contributed by atoms with Crippen LogP contribution < -0.4 is 15.0 Å². The Morgan fingerprint density at radius 3 is 2.25 bits per heavy atom. The normalized spacial score (nSPS) is 18.5. The molecule has 3 aliphatic rings. The fourth-order valence-corrected chi connectivity index (χ4v) is 7.93. The van der Waals surface area contributed by atoms with Crippen LogP contribution in [0.5, 0.6) is 11.5 Å². The number of imide groups is 1. The van der Waals surface area contributed by atoms with Gasteiger partial charge in [-0.1, -0.05) is 61.5 Å². The summed E-state index contributed by atoms with van der Waals surface area (Å²) in [6, 6.07) is 28.2. The monoisotopic (exact) mass is 746 g/mol. The summed E-state index contributed by atoms with van der Waals surface area (Å²) in [4.78, 5) is 42.6. The second-order valence-electron chi connectivity index (χ2n) is 14.4. The number of nitrogens with zero attached hydrogens (tertiary/aromatic N) is 3. The van der Waals surface area contributed by atoms with Crippen LogP contribution in [-0.2, 0) is 16.1 Å². The van der Waals surface area contributed by atoms with Crippen molar-refractivity contribution in [1.29, 1.82) is 0 Å². The van der Waals surface area contributed by atoms with E-state index in [-0.39, 0.29) is 42.2 Å². The Morgan fingerprint density at radius 1 is 0.891 bits per heavy atom. The number of amides is 3. The number of rotatable bonds is 13. The van der Waals surface area contributed by atoms with Crippen LogP contribution in [0.15, 0.2) is 91.0 Å². The first-order valence-corrected chi connectivity index (χ1v) is 19.1. The Labute approximate surface area is 320 Å². The molecule has 3 amide bonds. The van der Waals surface area contributed by atoms with Gasteiger partial charge in [0.1, 0.15) is 17.5 Å². The molecule has 2 saturated heterocycles. The number of aliphatic hydroxyl groups is 1. The fourth-order valence-electron chi connectivity index (χ4n) is 7.93. The summed E-state index contributed by atoms with van der Waals surface area (Å²) in [5.74, 6) is -0.744. The second kappa shape index (κ2) is 16.9. The van der Waals surface area contributed by atoms with Crippen LogP contribution in [0.3, 0.4) is 0 Å². The molecule has 286 valence electrons. The number of ether oxygens (including phenoxy) is 1. The zero-order chi connectivity index (χ0) is 38.5. The molecule has 0 aliphatic carbocycles. The molecule has 0 radical (unpaired) electrons. The van der Waals surface area contributed by atoms with Gasteiger partial charge < -0.3 is 24.7 Å². The Bertz CT molecular complexity index is 2050. The highest BCUT2D eigenvalue weighted by Gasteiger charge is 2.41. The molecular formula is C44H47FN4O6. The molecule has 3 heterocycles. The Hall–Kier alpha value is -5.52.